The molecule has 0 spiro atoms. The number of hydrogen-bond donors (Lipinski definition) is 0. The second kappa shape index (κ2) is 7.70. The molecule has 0 N–H and O–H groups in total. The fourth-order valence-corrected chi connectivity index (χ4v) is 4.17. The van der Waals surface area contributed by atoms with Crippen molar-refractivity contribution < 1.29 is 14.4 Å². The van der Waals surface area contributed by atoms with Crippen molar-refractivity contribution in [1.82, 2.24) is 9.80 Å². The van der Waals surface area contributed by atoms with Gasteiger partial charge >= 0.3 is 0 Å². The third-order valence-electron chi connectivity index (χ3n) is 5.70. The van der Waals surface area contributed by atoms with E-state index >= 15 is 0 Å². The van der Waals surface area contributed by atoms with Gasteiger partial charge in [0.25, 0.3) is 11.8 Å². The topological polar surface area (TPSA) is 60.9 Å². The second-order valence-corrected chi connectivity index (χ2v) is 7.86. The number of carbonyl (C=O) groups excluding carboxylic acids is 3. The number of hydrogen-bond acceptors (Lipinski definition) is 4. The lowest BCUT2D eigenvalue weighted by molar-refractivity contribution is -0.137. The van der Waals surface area contributed by atoms with Crippen LogP contribution in [0.15, 0.2) is 54.6 Å². The summed E-state index contributed by atoms with van der Waals surface area (Å²) in [5.74, 6) is -1.07. The van der Waals surface area contributed by atoms with Gasteiger partial charge in [-0.2, -0.15) is 0 Å². The van der Waals surface area contributed by atoms with Crippen molar-refractivity contribution in [2.24, 2.45) is 5.92 Å². The predicted octanol–water partition coefficient (Wildman–Crippen LogP) is 2.66. The van der Waals surface area contributed by atoms with Crippen molar-refractivity contribution in [3.8, 4) is 0 Å². The zero-order valence-electron chi connectivity index (χ0n) is 16.7. The van der Waals surface area contributed by atoms with Crippen LogP contribution in [-0.2, 0) is 4.79 Å². The molecule has 0 saturated carbocycles. The lowest BCUT2D eigenvalue weighted by Gasteiger charge is -2.39. The number of amides is 3. The molecule has 0 unspecified atom stereocenters. The summed E-state index contributed by atoms with van der Waals surface area (Å²) in [4.78, 5) is 44.4. The average Bonchev–Trinajstić information content (AvgIpc) is 3.00. The Bertz CT molecular complexity index is 898. The van der Waals surface area contributed by atoms with Crippen molar-refractivity contribution in [2.45, 2.75) is 19.9 Å². The highest BCUT2D eigenvalue weighted by molar-refractivity contribution is 6.22. The van der Waals surface area contributed by atoms with Gasteiger partial charge in [-0.15, -0.1) is 0 Å². The molecule has 1 atom stereocenters. The maximum Gasteiger partial charge on any atom is 0.262 e. The standard InChI is InChI=1S/C23H25N3O3/c1-16(2)20(26-21(27)18-10-6-7-11-19(18)22(26)28)23(29)25-14-12-24(13-15-25)17-8-4-3-5-9-17/h3-11,16,20H,12-15H2,1-2H3/t20-/m0/s1. The molecule has 2 aromatic rings. The molecule has 1 fully saturated rings. The van der Waals surface area contributed by atoms with Gasteiger partial charge in [0.1, 0.15) is 6.04 Å². The molecular weight excluding hydrogens is 366 g/mol. The zero-order valence-corrected chi connectivity index (χ0v) is 16.7. The molecule has 29 heavy (non-hydrogen) atoms. The Kier molecular flexibility index (Phi) is 5.09. The smallest absolute Gasteiger partial charge is 0.262 e. The zero-order chi connectivity index (χ0) is 20.5. The van der Waals surface area contributed by atoms with Crippen molar-refractivity contribution in [1.29, 1.82) is 0 Å². The van der Waals surface area contributed by atoms with E-state index in [2.05, 4.69) is 17.0 Å². The summed E-state index contributed by atoms with van der Waals surface area (Å²) < 4.78 is 0. The van der Waals surface area contributed by atoms with Crippen molar-refractivity contribution in [3.05, 3.63) is 65.7 Å². The first kappa shape index (κ1) is 19.2. The molecule has 0 bridgehead atoms. The summed E-state index contributed by atoms with van der Waals surface area (Å²) in [5.41, 5.74) is 1.90. The second-order valence-electron chi connectivity index (χ2n) is 7.86. The molecule has 0 aromatic heterocycles. The Morgan fingerprint density at radius 2 is 1.31 bits per heavy atom. The van der Waals surface area contributed by atoms with E-state index in [0.29, 0.717) is 24.2 Å². The van der Waals surface area contributed by atoms with Gasteiger partial charge in [-0.05, 0) is 30.2 Å². The fourth-order valence-electron chi connectivity index (χ4n) is 4.17. The first-order valence-corrected chi connectivity index (χ1v) is 10.0. The number of rotatable bonds is 4. The Hall–Kier alpha value is -3.15. The van der Waals surface area contributed by atoms with E-state index < -0.39 is 6.04 Å². The summed E-state index contributed by atoms with van der Waals surface area (Å²) in [6.07, 6.45) is 0. The highest BCUT2D eigenvalue weighted by atomic mass is 16.2. The van der Waals surface area contributed by atoms with Crippen LogP contribution in [0, 0.1) is 5.92 Å². The number of imide groups is 1. The van der Waals surface area contributed by atoms with Crippen LogP contribution in [0.2, 0.25) is 0 Å². The summed E-state index contributed by atoms with van der Waals surface area (Å²) in [5, 5.41) is 0. The number of para-hydroxylation sites is 1. The number of benzene rings is 2. The molecule has 0 radical (unpaired) electrons. The van der Waals surface area contributed by atoms with Gasteiger partial charge in [0.05, 0.1) is 11.1 Å². The van der Waals surface area contributed by atoms with Crippen molar-refractivity contribution in [3.63, 3.8) is 0 Å². The summed E-state index contributed by atoms with van der Waals surface area (Å²) in [7, 11) is 0. The minimum atomic E-state index is -0.786. The van der Waals surface area contributed by atoms with E-state index in [4.69, 9.17) is 0 Å². The van der Waals surface area contributed by atoms with Crippen molar-refractivity contribution >= 4 is 23.4 Å². The molecule has 6 heteroatoms. The lowest BCUT2D eigenvalue weighted by atomic mass is 10.0. The largest absolute Gasteiger partial charge is 0.368 e. The summed E-state index contributed by atoms with van der Waals surface area (Å²) in [6.45, 7) is 6.35. The third kappa shape index (κ3) is 3.39. The monoisotopic (exact) mass is 391 g/mol. The number of carbonyl (C=O) groups is 3. The van der Waals surface area contributed by atoms with Gasteiger partial charge in [0.2, 0.25) is 5.91 Å². The highest BCUT2D eigenvalue weighted by Crippen LogP contribution is 2.28. The van der Waals surface area contributed by atoms with Crippen LogP contribution < -0.4 is 4.90 Å². The highest BCUT2D eigenvalue weighted by Gasteiger charge is 2.45. The molecule has 2 aliphatic rings. The fraction of sp³-hybridized carbons (Fsp3) is 0.348. The minimum absolute atomic E-state index is 0.151. The van der Waals surface area contributed by atoms with Crippen LogP contribution in [0.3, 0.4) is 0 Å². The molecule has 1 saturated heterocycles. The number of fused-ring (bicyclic) bond motifs is 1. The summed E-state index contributed by atoms with van der Waals surface area (Å²) in [6, 6.07) is 16.1. The third-order valence-corrected chi connectivity index (χ3v) is 5.70. The van der Waals surface area contributed by atoms with E-state index in [-0.39, 0.29) is 23.6 Å². The Morgan fingerprint density at radius 1 is 0.793 bits per heavy atom. The number of anilines is 1. The van der Waals surface area contributed by atoms with Crippen LogP contribution in [0.1, 0.15) is 34.6 Å². The summed E-state index contributed by atoms with van der Waals surface area (Å²) >= 11 is 0. The lowest BCUT2D eigenvalue weighted by Crippen LogP contribution is -2.57. The maximum absolute atomic E-state index is 13.4. The molecule has 2 heterocycles. The molecule has 2 aromatic carbocycles. The normalized spacial score (nSPS) is 17.7. The van der Waals surface area contributed by atoms with Crippen LogP contribution >= 0.6 is 0 Å². The molecule has 6 nitrogen and oxygen atoms in total. The van der Waals surface area contributed by atoms with E-state index in [1.165, 1.54) is 4.90 Å². The Morgan fingerprint density at radius 3 is 1.83 bits per heavy atom. The SMILES string of the molecule is CC(C)[C@@H](C(=O)N1CCN(c2ccccc2)CC1)N1C(=O)c2ccccc2C1=O. The van der Waals surface area contributed by atoms with Gasteiger partial charge in [0.15, 0.2) is 0 Å². The van der Waals surface area contributed by atoms with E-state index in [1.807, 2.05) is 32.0 Å². The molecule has 150 valence electrons. The van der Waals surface area contributed by atoms with Gasteiger partial charge < -0.3 is 9.80 Å². The quantitative estimate of drug-likeness (QED) is 0.752. The van der Waals surface area contributed by atoms with E-state index in [0.717, 1.165) is 18.8 Å². The van der Waals surface area contributed by atoms with E-state index in [1.54, 1.807) is 29.2 Å². The molecule has 3 amide bonds. The first-order valence-electron chi connectivity index (χ1n) is 10.0. The van der Waals surface area contributed by atoms with Crippen LogP contribution in [-0.4, -0.2) is 59.7 Å². The van der Waals surface area contributed by atoms with Gasteiger partial charge in [-0.1, -0.05) is 44.2 Å². The molecule has 2 aliphatic heterocycles. The van der Waals surface area contributed by atoms with Crippen LogP contribution in [0.25, 0.3) is 0 Å². The van der Waals surface area contributed by atoms with Crippen molar-refractivity contribution in [2.75, 3.05) is 31.1 Å². The number of nitrogens with zero attached hydrogens (tertiary/aromatic N) is 3. The predicted molar refractivity (Wildman–Crippen MR) is 111 cm³/mol. The molecule has 0 aliphatic carbocycles. The van der Waals surface area contributed by atoms with Crippen LogP contribution in [0.5, 0.6) is 0 Å². The van der Waals surface area contributed by atoms with E-state index in [9.17, 15) is 14.4 Å². The van der Waals surface area contributed by atoms with Gasteiger partial charge in [0, 0.05) is 31.9 Å². The van der Waals surface area contributed by atoms with Gasteiger partial charge in [-0.25, -0.2) is 0 Å². The Balaban J connectivity index is 1.51. The first-order chi connectivity index (χ1) is 14.0. The maximum atomic E-state index is 13.4. The molecule has 4 rings (SSSR count). The average molecular weight is 391 g/mol. The Labute approximate surface area is 170 Å². The molecular formula is C23H25N3O3. The van der Waals surface area contributed by atoms with Crippen LogP contribution in [0.4, 0.5) is 5.69 Å². The minimum Gasteiger partial charge on any atom is -0.368 e. The number of piperazine rings is 1. The van der Waals surface area contributed by atoms with Gasteiger partial charge in [-0.3, -0.25) is 19.3 Å².